The van der Waals surface area contributed by atoms with Crippen LogP contribution in [0.25, 0.3) is 83.2 Å². The third-order valence-electron chi connectivity index (χ3n) is 11.6. The van der Waals surface area contributed by atoms with Crippen molar-refractivity contribution in [1.29, 1.82) is 0 Å². The zero-order chi connectivity index (χ0) is 37.9. The Morgan fingerprint density at radius 1 is 0.491 bits per heavy atom. The first-order valence-electron chi connectivity index (χ1n) is 19.3. The minimum absolute atomic E-state index is 0.246. The van der Waals surface area contributed by atoms with Crippen LogP contribution in [0.4, 0.5) is 0 Å². The number of pyridine rings is 4. The van der Waals surface area contributed by atoms with Crippen LogP contribution in [-0.4, -0.2) is 29.1 Å². The Morgan fingerprint density at radius 2 is 1.11 bits per heavy atom. The molecule has 0 amide bonds. The number of hydrogen-bond acceptors (Lipinski definition) is 4. The molecule has 1 aliphatic carbocycles. The summed E-state index contributed by atoms with van der Waals surface area (Å²) in [6, 6.07) is 51.5. The van der Waals surface area contributed by atoms with Gasteiger partial charge in [-0.1, -0.05) is 72.8 Å². The van der Waals surface area contributed by atoms with Crippen molar-refractivity contribution in [2.24, 2.45) is 0 Å². The highest BCUT2D eigenvalue weighted by Gasteiger charge is 2.34. The maximum Gasteiger partial charge on any atom is 0.0963 e. The van der Waals surface area contributed by atoms with E-state index in [0.717, 1.165) is 89.7 Å². The molecule has 0 saturated carbocycles. The van der Waals surface area contributed by atoms with Crippen LogP contribution in [0.15, 0.2) is 189 Å². The van der Waals surface area contributed by atoms with E-state index in [2.05, 4.69) is 155 Å². The van der Waals surface area contributed by atoms with Crippen molar-refractivity contribution in [2.75, 3.05) is 0 Å². The molecule has 1 atom stereocenters. The first kappa shape index (κ1) is 32.9. The maximum absolute atomic E-state index is 4.97. The smallest absolute Gasteiger partial charge is 0.0963 e. The molecule has 11 rings (SSSR count). The Kier molecular flexibility index (Phi) is 7.57. The van der Waals surface area contributed by atoms with Gasteiger partial charge in [0.25, 0.3) is 0 Å². The molecule has 4 aromatic carbocycles. The summed E-state index contributed by atoms with van der Waals surface area (Å²) >= 11 is 0. The van der Waals surface area contributed by atoms with Gasteiger partial charge < -0.3 is 9.13 Å². The third-order valence-corrected chi connectivity index (χ3v) is 11.6. The Balaban J connectivity index is 1.06. The third kappa shape index (κ3) is 5.25. The summed E-state index contributed by atoms with van der Waals surface area (Å²) in [7, 11) is 0. The normalized spacial score (nSPS) is 15.5. The van der Waals surface area contributed by atoms with Crippen LogP contribution < -0.4 is 0 Å². The Morgan fingerprint density at radius 3 is 1.77 bits per heavy atom. The standard InChI is InChI=1S/C51H36N6/c1-51(48-21-6-9-28-53-48)26-7-4-17-42(51)35-23-25-45-41(32-35)50-47(20-12-30-55-50)57(45)37-14-10-13-36(33-37)56-44-24-22-34(31-40(44)49-46(56)19-11-29-54-49)38-15-2-3-16-39(38)43-18-5-8-27-52-43/h2-25,27-33H,26H2,1H3. The van der Waals surface area contributed by atoms with Crippen molar-refractivity contribution >= 4 is 49.4 Å². The first-order valence-corrected chi connectivity index (χ1v) is 19.3. The van der Waals surface area contributed by atoms with Crippen molar-refractivity contribution in [3.05, 3.63) is 200 Å². The van der Waals surface area contributed by atoms with Gasteiger partial charge in [-0.2, -0.15) is 0 Å². The van der Waals surface area contributed by atoms with Crippen LogP contribution in [0.5, 0.6) is 0 Å². The van der Waals surface area contributed by atoms with E-state index in [9.17, 15) is 0 Å². The molecule has 57 heavy (non-hydrogen) atoms. The molecule has 0 radical (unpaired) electrons. The van der Waals surface area contributed by atoms with Gasteiger partial charge in [-0.05, 0) is 127 Å². The highest BCUT2D eigenvalue weighted by molar-refractivity contribution is 6.10. The molecule has 0 saturated heterocycles. The molecule has 0 N–H and O–H groups in total. The molecule has 0 spiro atoms. The maximum atomic E-state index is 4.97. The van der Waals surface area contributed by atoms with Crippen LogP contribution in [0.3, 0.4) is 0 Å². The quantitative estimate of drug-likeness (QED) is 0.171. The average Bonchev–Trinajstić information content (AvgIpc) is 3.79. The Hall–Kier alpha value is -7.44. The van der Waals surface area contributed by atoms with E-state index in [0.29, 0.717) is 0 Å². The fourth-order valence-electron chi connectivity index (χ4n) is 8.92. The minimum atomic E-state index is -0.246. The summed E-state index contributed by atoms with van der Waals surface area (Å²) in [5, 5.41) is 2.22. The number of nitrogens with zero attached hydrogens (tertiary/aromatic N) is 6. The van der Waals surface area contributed by atoms with Gasteiger partial charge in [-0.15, -0.1) is 0 Å². The molecule has 1 aliphatic rings. The summed E-state index contributed by atoms with van der Waals surface area (Å²) in [6.07, 6.45) is 15.1. The van der Waals surface area contributed by atoms with E-state index in [1.807, 2.05) is 55.1 Å². The van der Waals surface area contributed by atoms with Crippen LogP contribution in [0.2, 0.25) is 0 Å². The minimum Gasteiger partial charge on any atom is -0.308 e. The van der Waals surface area contributed by atoms with Crippen LogP contribution in [0, 0.1) is 0 Å². The first-order chi connectivity index (χ1) is 28.2. The van der Waals surface area contributed by atoms with Gasteiger partial charge in [0.1, 0.15) is 0 Å². The molecule has 6 aromatic heterocycles. The van der Waals surface area contributed by atoms with Gasteiger partial charge in [0, 0.05) is 57.9 Å². The lowest BCUT2D eigenvalue weighted by atomic mass is 9.71. The largest absolute Gasteiger partial charge is 0.308 e. The number of rotatable bonds is 6. The zero-order valence-corrected chi connectivity index (χ0v) is 31.3. The molecular formula is C51H36N6. The summed E-state index contributed by atoms with van der Waals surface area (Å²) < 4.78 is 4.68. The lowest BCUT2D eigenvalue weighted by molar-refractivity contribution is 0.599. The molecule has 0 aliphatic heterocycles. The van der Waals surface area contributed by atoms with E-state index in [1.54, 1.807) is 0 Å². The highest BCUT2D eigenvalue weighted by Crippen LogP contribution is 2.44. The van der Waals surface area contributed by atoms with E-state index in [4.69, 9.17) is 15.0 Å². The van der Waals surface area contributed by atoms with E-state index >= 15 is 0 Å². The molecular weight excluding hydrogens is 697 g/mol. The van der Waals surface area contributed by atoms with E-state index in [1.165, 1.54) is 11.1 Å². The van der Waals surface area contributed by atoms with Crippen LogP contribution >= 0.6 is 0 Å². The molecule has 6 heteroatoms. The molecule has 6 nitrogen and oxygen atoms in total. The zero-order valence-electron chi connectivity index (χ0n) is 31.3. The van der Waals surface area contributed by atoms with Gasteiger partial charge in [-0.25, -0.2) is 0 Å². The summed E-state index contributed by atoms with van der Waals surface area (Å²) in [4.78, 5) is 19.4. The number of benzene rings is 4. The van der Waals surface area contributed by atoms with Crippen molar-refractivity contribution in [2.45, 2.75) is 18.8 Å². The van der Waals surface area contributed by atoms with Crippen molar-refractivity contribution in [3.63, 3.8) is 0 Å². The second-order valence-electron chi connectivity index (χ2n) is 14.9. The molecule has 6 heterocycles. The Bertz CT molecular complexity index is 3230. The molecule has 0 bridgehead atoms. The number of fused-ring (bicyclic) bond motifs is 6. The predicted octanol–water partition coefficient (Wildman–Crippen LogP) is 12.1. The van der Waals surface area contributed by atoms with Gasteiger partial charge >= 0.3 is 0 Å². The lowest BCUT2D eigenvalue weighted by Gasteiger charge is -2.33. The average molecular weight is 733 g/mol. The van der Waals surface area contributed by atoms with Crippen LogP contribution in [-0.2, 0) is 5.41 Å². The van der Waals surface area contributed by atoms with Gasteiger partial charge in [0.2, 0.25) is 0 Å². The number of aromatic nitrogens is 6. The summed E-state index contributed by atoms with van der Waals surface area (Å²) in [6.45, 7) is 2.30. The fourth-order valence-corrected chi connectivity index (χ4v) is 8.92. The SMILES string of the molecule is CC1(c2ccccn2)CC=CC=C1c1ccc2c(c1)c1ncccc1n2-c1cccc(-n2c3ccc(-c4ccccc4-c4ccccn4)cc3c3ncccc32)c1. The molecule has 270 valence electrons. The van der Waals surface area contributed by atoms with E-state index in [-0.39, 0.29) is 5.41 Å². The second-order valence-corrected chi connectivity index (χ2v) is 14.9. The lowest BCUT2D eigenvalue weighted by Crippen LogP contribution is -2.26. The van der Waals surface area contributed by atoms with Gasteiger partial charge in [-0.3, -0.25) is 19.9 Å². The van der Waals surface area contributed by atoms with Crippen molar-refractivity contribution in [3.8, 4) is 33.8 Å². The van der Waals surface area contributed by atoms with Gasteiger partial charge in [0.05, 0.1) is 44.5 Å². The van der Waals surface area contributed by atoms with Crippen LogP contribution in [0.1, 0.15) is 24.6 Å². The number of hydrogen-bond donors (Lipinski definition) is 0. The summed E-state index contributed by atoms with van der Waals surface area (Å²) in [5.41, 5.74) is 16.0. The predicted molar refractivity (Wildman–Crippen MR) is 233 cm³/mol. The summed E-state index contributed by atoms with van der Waals surface area (Å²) in [5.74, 6) is 0. The Labute approximate surface area is 329 Å². The topological polar surface area (TPSA) is 61.4 Å². The monoisotopic (exact) mass is 732 g/mol. The molecule has 10 aromatic rings. The van der Waals surface area contributed by atoms with Crippen molar-refractivity contribution < 1.29 is 0 Å². The highest BCUT2D eigenvalue weighted by atomic mass is 15.0. The van der Waals surface area contributed by atoms with Crippen molar-refractivity contribution in [1.82, 2.24) is 29.1 Å². The van der Waals surface area contributed by atoms with E-state index < -0.39 is 0 Å². The second kappa shape index (κ2) is 13.1. The van der Waals surface area contributed by atoms with Gasteiger partial charge in [0.15, 0.2) is 0 Å². The number of allylic oxidation sites excluding steroid dienone is 4. The fraction of sp³-hybridized carbons (Fsp3) is 0.0588. The molecule has 0 fully saturated rings. The molecule has 1 unspecified atom stereocenters.